The molecule has 0 aromatic heterocycles. The van der Waals surface area contributed by atoms with Crippen LogP contribution in [0.15, 0.2) is 48.5 Å². The zero-order valence-electron chi connectivity index (χ0n) is 20.2. The maximum Gasteiger partial charge on any atom is 0.422 e. The van der Waals surface area contributed by atoms with E-state index in [4.69, 9.17) is 0 Å². The average Bonchev–Trinajstić information content (AvgIpc) is 2.83. The highest BCUT2D eigenvalue weighted by Gasteiger charge is 2.38. The molecular weight excluding hydrogens is 455 g/mol. The van der Waals surface area contributed by atoms with Crippen molar-refractivity contribution in [2.45, 2.75) is 83.2 Å². The van der Waals surface area contributed by atoms with Crippen molar-refractivity contribution >= 4 is 10.8 Å². The summed E-state index contributed by atoms with van der Waals surface area (Å²) in [6, 6.07) is 13.4. The Kier molecular flexibility index (Phi) is 8.13. The minimum absolute atomic E-state index is 0.114. The van der Waals surface area contributed by atoms with Gasteiger partial charge in [0.1, 0.15) is 17.2 Å². The molecule has 1 saturated carbocycles. The second-order valence-corrected chi connectivity index (χ2v) is 10.0. The molecule has 5 heteroatoms. The highest BCUT2D eigenvalue weighted by Crippen LogP contribution is 2.40. The molecule has 0 aliphatic heterocycles. The first kappa shape index (κ1) is 25.7. The van der Waals surface area contributed by atoms with Gasteiger partial charge in [-0.2, -0.15) is 13.2 Å². The molecule has 3 aromatic carbocycles. The van der Waals surface area contributed by atoms with Gasteiger partial charge in [0.15, 0.2) is 0 Å². The van der Waals surface area contributed by atoms with Crippen molar-refractivity contribution in [3.63, 3.8) is 0 Å². The van der Waals surface area contributed by atoms with Crippen LogP contribution in [0, 0.1) is 17.6 Å². The van der Waals surface area contributed by atoms with Gasteiger partial charge in [-0.3, -0.25) is 0 Å². The van der Waals surface area contributed by atoms with Gasteiger partial charge in [-0.15, -0.1) is 0 Å². The van der Waals surface area contributed by atoms with Crippen molar-refractivity contribution in [3.8, 4) is 11.1 Å². The molecule has 1 fully saturated rings. The molecule has 0 N–H and O–H groups in total. The average molecular weight is 489 g/mol. The van der Waals surface area contributed by atoms with Crippen LogP contribution in [-0.2, 0) is 6.18 Å². The monoisotopic (exact) mass is 488 g/mol. The lowest BCUT2D eigenvalue weighted by atomic mass is 9.77. The van der Waals surface area contributed by atoms with Crippen LogP contribution in [0.4, 0.5) is 22.0 Å². The van der Waals surface area contributed by atoms with Crippen LogP contribution in [-0.4, -0.2) is 0 Å². The van der Waals surface area contributed by atoms with Crippen LogP contribution in [0.1, 0.15) is 88.2 Å². The maximum atomic E-state index is 14.4. The fourth-order valence-corrected chi connectivity index (χ4v) is 5.54. The number of hydrogen-bond acceptors (Lipinski definition) is 0. The molecule has 1 aliphatic rings. The van der Waals surface area contributed by atoms with E-state index in [2.05, 4.69) is 19.1 Å². The Morgan fingerprint density at radius 3 is 2.09 bits per heavy atom. The Morgan fingerprint density at radius 2 is 1.43 bits per heavy atom. The number of unbranched alkanes of at least 4 members (excludes halogenated alkanes) is 4. The summed E-state index contributed by atoms with van der Waals surface area (Å²) in [7, 11) is 0. The van der Waals surface area contributed by atoms with Crippen LogP contribution in [0.25, 0.3) is 21.9 Å². The summed E-state index contributed by atoms with van der Waals surface area (Å²) in [4.78, 5) is 0. The van der Waals surface area contributed by atoms with Gasteiger partial charge >= 0.3 is 6.18 Å². The zero-order valence-corrected chi connectivity index (χ0v) is 20.2. The number of rotatable bonds is 8. The van der Waals surface area contributed by atoms with E-state index in [1.54, 1.807) is 12.1 Å². The van der Waals surface area contributed by atoms with Crippen molar-refractivity contribution in [3.05, 3.63) is 71.3 Å². The van der Waals surface area contributed by atoms with Crippen molar-refractivity contribution < 1.29 is 22.0 Å². The molecule has 4 rings (SSSR count). The summed E-state index contributed by atoms with van der Waals surface area (Å²) in [6.07, 6.45) is 7.92. The van der Waals surface area contributed by atoms with Crippen LogP contribution < -0.4 is 0 Å². The molecular formula is C30H33F5. The number of fused-ring (bicyclic) bond motifs is 1. The molecule has 3 aromatic rings. The standard InChI is InChI=1S/C30H33F5/c1-2-3-4-5-6-7-20-8-10-21(11-9-20)22-12-14-23(15-13-22)24-16-17-26-25(18-24)19-27(31)28(29(26)32)30(33,34)35/h12-21H,2-11H2,1H3. The fourth-order valence-electron chi connectivity index (χ4n) is 5.54. The van der Waals surface area contributed by atoms with E-state index in [0.717, 1.165) is 23.1 Å². The van der Waals surface area contributed by atoms with Gasteiger partial charge in [0, 0.05) is 5.39 Å². The summed E-state index contributed by atoms with van der Waals surface area (Å²) in [5, 5.41) is -0.121. The largest absolute Gasteiger partial charge is 0.422 e. The summed E-state index contributed by atoms with van der Waals surface area (Å²) in [6.45, 7) is 2.24. The first-order valence-corrected chi connectivity index (χ1v) is 12.9. The summed E-state index contributed by atoms with van der Waals surface area (Å²) >= 11 is 0. The van der Waals surface area contributed by atoms with Gasteiger partial charge in [-0.1, -0.05) is 81.8 Å². The molecule has 188 valence electrons. The Balaban J connectivity index is 1.41. The van der Waals surface area contributed by atoms with E-state index in [9.17, 15) is 22.0 Å². The van der Waals surface area contributed by atoms with E-state index in [1.807, 2.05) is 12.1 Å². The quantitative estimate of drug-likeness (QED) is 0.218. The van der Waals surface area contributed by atoms with Crippen LogP contribution in [0.2, 0.25) is 0 Å². The Labute approximate surface area is 204 Å². The first-order valence-electron chi connectivity index (χ1n) is 12.9. The minimum atomic E-state index is -5.08. The van der Waals surface area contributed by atoms with Crippen molar-refractivity contribution in [2.24, 2.45) is 5.92 Å². The third-order valence-corrected chi connectivity index (χ3v) is 7.59. The third-order valence-electron chi connectivity index (χ3n) is 7.59. The molecule has 0 radical (unpaired) electrons. The normalized spacial score (nSPS) is 18.8. The highest BCUT2D eigenvalue weighted by atomic mass is 19.4. The summed E-state index contributed by atoms with van der Waals surface area (Å²) < 4.78 is 67.5. The Bertz CT molecular complexity index is 1120. The minimum Gasteiger partial charge on any atom is -0.206 e. The van der Waals surface area contributed by atoms with Crippen LogP contribution in [0.3, 0.4) is 0 Å². The van der Waals surface area contributed by atoms with E-state index in [1.165, 1.54) is 75.8 Å². The van der Waals surface area contributed by atoms with E-state index < -0.39 is 23.4 Å². The molecule has 1 aliphatic carbocycles. The van der Waals surface area contributed by atoms with E-state index >= 15 is 0 Å². The van der Waals surface area contributed by atoms with Gasteiger partial charge in [0.25, 0.3) is 0 Å². The van der Waals surface area contributed by atoms with Gasteiger partial charge in [-0.05, 0) is 71.7 Å². The van der Waals surface area contributed by atoms with Gasteiger partial charge in [-0.25, -0.2) is 8.78 Å². The number of alkyl halides is 3. The number of halogens is 5. The predicted molar refractivity (Wildman–Crippen MR) is 132 cm³/mol. The van der Waals surface area contributed by atoms with Crippen molar-refractivity contribution in [1.82, 2.24) is 0 Å². The first-order chi connectivity index (χ1) is 16.8. The van der Waals surface area contributed by atoms with E-state index in [0.29, 0.717) is 5.92 Å². The van der Waals surface area contributed by atoms with Gasteiger partial charge in [0.05, 0.1) is 0 Å². The number of benzene rings is 3. The Morgan fingerprint density at radius 1 is 0.771 bits per heavy atom. The van der Waals surface area contributed by atoms with Gasteiger partial charge < -0.3 is 0 Å². The molecule has 0 amide bonds. The molecule has 0 nitrogen and oxygen atoms in total. The highest BCUT2D eigenvalue weighted by molar-refractivity contribution is 5.88. The number of hydrogen-bond donors (Lipinski definition) is 0. The molecule has 35 heavy (non-hydrogen) atoms. The van der Waals surface area contributed by atoms with E-state index in [-0.39, 0.29) is 10.8 Å². The summed E-state index contributed by atoms with van der Waals surface area (Å²) in [5.41, 5.74) is 1.06. The fraction of sp³-hybridized carbons (Fsp3) is 0.467. The molecule has 0 spiro atoms. The summed E-state index contributed by atoms with van der Waals surface area (Å²) in [5.74, 6) is -1.75. The third kappa shape index (κ3) is 6.05. The smallest absolute Gasteiger partial charge is 0.206 e. The molecule has 0 bridgehead atoms. The van der Waals surface area contributed by atoms with Crippen LogP contribution in [0.5, 0.6) is 0 Å². The molecule has 0 unspecified atom stereocenters. The van der Waals surface area contributed by atoms with Crippen LogP contribution >= 0.6 is 0 Å². The molecule has 0 heterocycles. The topological polar surface area (TPSA) is 0 Å². The van der Waals surface area contributed by atoms with Crippen molar-refractivity contribution in [1.29, 1.82) is 0 Å². The second kappa shape index (κ2) is 11.1. The lowest BCUT2D eigenvalue weighted by Crippen LogP contribution is -2.13. The second-order valence-electron chi connectivity index (χ2n) is 10.0. The predicted octanol–water partition coefficient (Wildman–Crippen LogP) is 10.4. The SMILES string of the molecule is CCCCCCCC1CCC(c2ccc(-c3ccc4c(F)c(C(F)(F)F)c(F)cc4c3)cc2)CC1. The van der Waals surface area contributed by atoms with Gasteiger partial charge in [0.2, 0.25) is 0 Å². The zero-order chi connectivity index (χ0) is 25.0. The lowest BCUT2D eigenvalue weighted by Gasteiger charge is -2.29. The lowest BCUT2D eigenvalue weighted by molar-refractivity contribution is -0.142. The maximum absolute atomic E-state index is 14.4. The van der Waals surface area contributed by atoms with Crippen molar-refractivity contribution in [2.75, 3.05) is 0 Å². The Hall–Kier alpha value is -2.43. The molecule has 0 atom stereocenters. The molecule has 0 saturated heterocycles.